The van der Waals surface area contributed by atoms with E-state index in [-0.39, 0.29) is 114 Å². The quantitative estimate of drug-likeness (QED) is 0.0312. The fourth-order valence-corrected chi connectivity index (χ4v) is 20.7. The van der Waals surface area contributed by atoms with Gasteiger partial charge in [-0.2, -0.15) is 0 Å². The molecule has 0 aliphatic heterocycles. The Labute approximate surface area is 796 Å². The summed E-state index contributed by atoms with van der Waals surface area (Å²) in [6.45, 7) is 5.94. The van der Waals surface area contributed by atoms with Gasteiger partial charge < -0.3 is 0 Å². The van der Waals surface area contributed by atoms with Gasteiger partial charge in [0, 0.05) is 131 Å². The summed E-state index contributed by atoms with van der Waals surface area (Å²) in [5.74, 6) is -1.50. The Kier molecular flexibility index (Phi) is 37.0. The van der Waals surface area contributed by atoms with E-state index in [1.165, 1.54) is 86.1 Å². The van der Waals surface area contributed by atoms with Gasteiger partial charge in [-0.15, -0.1) is 30.6 Å². The molecule has 13 aromatic rings. The predicted molar refractivity (Wildman–Crippen MR) is 499 cm³/mol. The maximum Gasteiger partial charge on any atom is 0.177 e. The first-order chi connectivity index (χ1) is 62.1. The SMILES string of the molecule is CC(C)(C)c1nnsc1C(=O)CCc1c(F)cccc1Cl.O=C(CCc1c(Cl)cccc1Cl)c1snnc1C1CC1.O=C(CCc1c(F)cccc1Cl)c1snnc1-c1ccccc1.O=C(CCc1c(F)cccc1Cl)c1snnc1C1CCCC1.O=C(CCc1c(F)cccc1Cl)c1snnc1C1CCCCC1.O=C(CCc1c(F)cccc1F)c1snnc1C1CC1. The van der Waals surface area contributed by atoms with Crippen LogP contribution in [0.2, 0.25) is 30.1 Å². The minimum Gasteiger partial charge on any atom is -0.293 e. The van der Waals surface area contributed by atoms with E-state index >= 15 is 0 Å². The van der Waals surface area contributed by atoms with Crippen LogP contribution in [-0.2, 0) is 43.9 Å². The first kappa shape index (κ1) is 99.3. The lowest BCUT2D eigenvalue weighted by atomic mass is 9.86. The number of ketones is 6. The Hall–Kier alpha value is -8.76. The van der Waals surface area contributed by atoms with E-state index in [2.05, 4.69) is 57.5 Å². The van der Waals surface area contributed by atoms with Crippen LogP contribution in [0.25, 0.3) is 11.3 Å². The van der Waals surface area contributed by atoms with Gasteiger partial charge in [0.15, 0.2) is 34.7 Å². The van der Waals surface area contributed by atoms with Gasteiger partial charge in [0.2, 0.25) is 0 Å². The van der Waals surface area contributed by atoms with Crippen molar-refractivity contribution in [2.45, 2.75) is 210 Å². The second kappa shape index (κ2) is 48.1. The van der Waals surface area contributed by atoms with Crippen LogP contribution in [0.3, 0.4) is 0 Å². The first-order valence-corrected chi connectivity index (χ1v) is 48.8. The molecule has 0 N–H and O–H groups in total. The van der Waals surface area contributed by atoms with Gasteiger partial charge in [-0.05, 0) is 237 Å². The van der Waals surface area contributed by atoms with Crippen molar-refractivity contribution in [1.29, 1.82) is 0 Å². The minimum absolute atomic E-state index is 0.0140. The average Bonchev–Trinajstić information content (AvgIpc) is 1.66. The third-order valence-corrected chi connectivity index (χ3v) is 28.7. The lowest BCUT2D eigenvalue weighted by molar-refractivity contribution is 0.0976. The standard InChI is InChI=1S/C17H18ClFN2OS.C17H12ClFN2OS.C16H16ClFN2OS.C15H16ClFN2OS.C14H12Cl2N2OS.C14H12F2N2OS/c2*18-13-7-4-8-14(19)12(13)9-10-15(22)17-16(20-21-23-17)11-5-2-1-3-6-11;17-12-6-3-7-13(18)11(12)8-9-14(21)16-15(19-20-22-16)10-4-1-2-5-10;1-15(2,3)14-13(21-19-18-14)12(20)8-7-9-10(16)5-4-6-11(9)17;2*15-10-2-1-3-11(16)9(10)6-7-12(19)14-13(8-4-5-8)17-18-20-14/h4,7-8,11H,1-3,5-6,9-10H2;1-8H,9-10H2;3,6-7,10H,1-2,4-5,8-9H2;4-6H,7-8H2,1-3H3;2*1-3,8H,4-7H2. The van der Waals surface area contributed by atoms with Crippen LogP contribution >= 0.6 is 139 Å². The smallest absolute Gasteiger partial charge is 0.177 e. The Morgan fingerprint density at radius 2 is 0.535 bits per heavy atom. The number of Topliss-reactive ketones (excluding diaryl/α,β-unsaturated/α-hetero) is 6. The molecule has 0 atom stereocenters. The molecule has 6 heterocycles. The van der Waals surface area contributed by atoms with Gasteiger partial charge >= 0.3 is 0 Å². The van der Waals surface area contributed by atoms with E-state index in [0.29, 0.717) is 142 Å². The fraction of sp³-hybridized carbons (Fsp3) is 0.355. The number of carbonyl (C=O) groups is 6. The number of hydrogen-bond donors (Lipinski definition) is 0. The monoisotopic (exact) mass is 1980 g/mol. The Morgan fingerprint density at radius 1 is 0.287 bits per heavy atom. The predicted octanol–water partition coefficient (Wildman–Crippen LogP) is 27.3. The molecular weight excluding hydrogens is 1900 g/mol. The van der Waals surface area contributed by atoms with Gasteiger partial charge in [0.25, 0.3) is 0 Å². The number of nitrogens with zero attached hydrogens (tertiary/aromatic N) is 12. The Balaban J connectivity index is 0.000000140. The molecule has 7 aromatic carbocycles. The number of carbonyl (C=O) groups excluding carboxylic acids is 6. The molecule has 4 aliphatic rings. The van der Waals surface area contributed by atoms with Gasteiger partial charge in [0.05, 0.1) is 28.5 Å². The summed E-state index contributed by atoms with van der Waals surface area (Å²) in [4.78, 5) is 77.8. The highest BCUT2D eigenvalue weighted by atomic mass is 35.5. The third-order valence-electron chi connectivity index (χ3n) is 22.0. The van der Waals surface area contributed by atoms with Crippen molar-refractivity contribution < 1.29 is 55.1 Å². The van der Waals surface area contributed by atoms with E-state index in [4.69, 9.17) is 69.6 Å². The van der Waals surface area contributed by atoms with Crippen molar-refractivity contribution in [2.24, 2.45) is 0 Å². The molecule has 0 radical (unpaired) electrons. The second-order valence-corrected chi connectivity index (χ2v) is 39.0. The van der Waals surface area contributed by atoms with E-state index in [1.807, 2.05) is 51.1 Å². The Morgan fingerprint density at radius 3 is 0.868 bits per heavy atom. The Bertz CT molecular complexity index is 5820. The molecule has 129 heavy (non-hydrogen) atoms. The molecule has 4 aliphatic carbocycles. The molecule has 36 heteroatoms. The molecular formula is C93H86Cl6F6N12O6S6. The number of aromatic nitrogens is 12. The molecule has 4 saturated carbocycles. The topological polar surface area (TPSA) is 257 Å². The van der Waals surface area contributed by atoms with Crippen LogP contribution < -0.4 is 0 Å². The van der Waals surface area contributed by atoms with Crippen LogP contribution in [-0.4, -0.2) is 92.2 Å². The zero-order valence-electron chi connectivity index (χ0n) is 70.1. The summed E-state index contributed by atoms with van der Waals surface area (Å²) in [7, 11) is 0. The zero-order chi connectivity index (χ0) is 91.8. The van der Waals surface area contributed by atoms with E-state index < -0.39 is 17.5 Å². The largest absolute Gasteiger partial charge is 0.293 e. The normalized spacial score (nSPS) is 13.7. The molecule has 18 nitrogen and oxygen atoms in total. The van der Waals surface area contributed by atoms with E-state index in [1.54, 1.807) is 66.7 Å². The molecule has 0 spiro atoms. The van der Waals surface area contributed by atoms with Gasteiger partial charge in [-0.1, -0.05) is 216 Å². The number of rotatable bonds is 29. The van der Waals surface area contributed by atoms with Crippen molar-refractivity contribution in [3.05, 3.63) is 296 Å². The molecule has 0 unspecified atom stereocenters. The summed E-state index contributed by atoms with van der Waals surface area (Å²) in [5.41, 5.74) is 7.52. The molecule has 17 rings (SSSR count). The highest BCUT2D eigenvalue weighted by molar-refractivity contribution is 7.09. The van der Waals surface area contributed by atoms with Crippen molar-refractivity contribution in [3.8, 4) is 11.3 Å². The molecule has 674 valence electrons. The zero-order valence-corrected chi connectivity index (χ0v) is 79.5. The summed E-state index contributed by atoms with van der Waals surface area (Å²) in [6, 6.07) is 36.7. The van der Waals surface area contributed by atoms with E-state index in [9.17, 15) is 55.1 Å². The van der Waals surface area contributed by atoms with Crippen LogP contribution in [0.4, 0.5) is 26.3 Å². The maximum absolute atomic E-state index is 13.8. The van der Waals surface area contributed by atoms with Crippen molar-refractivity contribution in [3.63, 3.8) is 0 Å². The van der Waals surface area contributed by atoms with E-state index in [0.717, 1.165) is 143 Å². The molecule has 6 aromatic heterocycles. The van der Waals surface area contributed by atoms with Gasteiger partial charge in [0.1, 0.15) is 69.9 Å². The summed E-state index contributed by atoms with van der Waals surface area (Å²) < 4.78 is 105. The van der Waals surface area contributed by atoms with Crippen LogP contribution in [0.5, 0.6) is 0 Å². The average molecular weight is 1990 g/mol. The molecule has 4 fully saturated rings. The highest BCUT2D eigenvalue weighted by Crippen LogP contribution is 2.44. The highest BCUT2D eigenvalue weighted by Gasteiger charge is 2.35. The van der Waals surface area contributed by atoms with Crippen molar-refractivity contribution >= 4 is 174 Å². The molecule has 0 amide bonds. The number of hydrogen-bond acceptors (Lipinski definition) is 24. The minimum atomic E-state index is -0.609. The molecule has 0 bridgehead atoms. The van der Waals surface area contributed by atoms with Gasteiger partial charge in [-0.3, -0.25) is 28.8 Å². The first-order valence-electron chi connectivity index (χ1n) is 41.9. The summed E-state index contributed by atoms with van der Waals surface area (Å²) in [6.07, 6.45) is 17.5. The number of benzene rings is 7. The van der Waals surface area contributed by atoms with Crippen molar-refractivity contribution in [1.82, 2.24) is 57.5 Å². The maximum atomic E-state index is 13.8. The lowest BCUT2D eigenvalue weighted by Crippen LogP contribution is -2.16. The van der Waals surface area contributed by atoms with Crippen LogP contribution in [0.15, 0.2) is 140 Å². The van der Waals surface area contributed by atoms with Crippen LogP contribution in [0.1, 0.15) is 286 Å². The fourth-order valence-electron chi connectivity index (χ4n) is 14.7. The third kappa shape index (κ3) is 27.5. The van der Waals surface area contributed by atoms with Crippen molar-refractivity contribution in [2.75, 3.05) is 0 Å². The summed E-state index contributed by atoms with van der Waals surface area (Å²) >= 11 is 42.9. The van der Waals surface area contributed by atoms with Gasteiger partial charge in [-0.25, -0.2) is 26.3 Å². The lowest BCUT2D eigenvalue weighted by Gasteiger charge is -2.20. The second-order valence-electron chi connectivity index (χ2n) is 32.1. The summed E-state index contributed by atoms with van der Waals surface area (Å²) in [5, 5.41) is 27.2. The van der Waals surface area contributed by atoms with Crippen LogP contribution in [0, 0.1) is 34.9 Å². The number of halogens is 12. The molecule has 0 saturated heterocycles.